The van der Waals surface area contributed by atoms with E-state index in [9.17, 15) is 4.79 Å². The van der Waals surface area contributed by atoms with Crippen LogP contribution in [0.15, 0.2) is 48.8 Å². The van der Waals surface area contributed by atoms with Gasteiger partial charge in [0.25, 0.3) is 5.91 Å². The molecular weight excluding hydrogens is 362 g/mol. The van der Waals surface area contributed by atoms with Gasteiger partial charge < -0.3 is 9.64 Å². The van der Waals surface area contributed by atoms with Crippen molar-refractivity contribution >= 4 is 5.91 Å². The highest BCUT2D eigenvalue weighted by molar-refractivity contribution is 5.94. The Bertz CT molecular complexity index is 795. The summed E-state index contributed by atoms with van der Waals surface area (Å²) in [7, 11) is 0. The second-order valence-corrected chi connectivity index (χ2v) is 8.34. The normalized spacial score (nSPS) is 19.4. The van der Waals surface area contributed by atoms with Crippen molar-refractivity contribution in [1.29, 1.82) is 0 Å². The smallest absolute Gasteiger partial charge is 0.255 e. The predicted octanol–water partition coefficient (Wildman–Crippen LogP) is 3.68. The number of piperidine rings is 2. The Morgan fingerprint density at radius 1 is 1.00 bits per heavy atom. The van der Waals surface area contributed by atoms with Gasteiger partial charge in [-0.25, -0.2) is 0 Å². The first kappa shape index (κ1) is 20.0. The van der Waals surface area contributed by atoms with Crippen molar-refractivity contribution < 1.29 is 9.53 Å². The van der Waals surface area contributed by atoms with Crippen molar-refractivity contribution in [1.82, 2.24) is 14.8 Å². The van der Waals surface area contributed by atoms with Crippen molar-refractivity contribution in [3.8, 4) is 0 Å². The van der Waals surface area contributed by atoms with E-state index in [0.29, 0.717) is 11.7 Å². The minimum Gasteiger partial charge on any atom is -0.375 e. The zero-order valence-electron chi connectivity index (χ0n) is 17.3. The number of rotatable bonds is 5. The summed E-state index contributed by atoms with van der Waals surface area (Å²) in [5.41, 5.74) is 3.09. The minimum absolute atomic E-state index is 0.0915. The van der Waals surface area contributed by atoms with Crippen LogP contribution >= 0.6 is 0 Å². The molecule has 2 fully saturated rings. The molecule has 1 aromatic heterocycles. The molecule has 154 valence electrons. The molecule has 2 saturated heterocycles. The SMILES string of the molecule is Cc1cncc(C(=O)N2CCC(OC3CCN(Cc4ccccc4)CC3)CC2)c1. The Morgan fingerprint density at radius 3 is 2.31 bits per heavy atom. The van der Waals surface area contributed by atoms with Gasteiger partial charge in [-0.15, -0.1) is 0 Å². The molecule has 0 unspecified atom stereocenters. The van der Waals surface area contributed by atoms with Gasteiger partial charge in [0, 0.05) is 45.1 Å². The van der Waals surface area contributed by atoms with Crippen LogP contribution in [0.3, 0.4) is 0 Å². The molecule has 0 saturated carbocycles. The second kappa shape index (κ2) is 9.51. The fourth-order valence-corrected chi connectivity index (χ4v) is 4.37. The maximum absolute atomic E-state index is 12.7. The van der Waals surface area contributed by atoms with E-state index in [4.69, 9.17) is 4.74 Å². The Balaban J connectivity index is 1.19. The van der Waals surface area contributed by atoms with Crippen LogP contribution in [0.4, 0.5) is 0 Å². The molecule has 0 atom stereocenters. The monoisotopic (exact) mass is 393 g/mol. The maximum Gasteiger partial charge on any atom is 0.255 e. The number of carbonyl (C=O) groups excluding carboxylic acids is 1. The third-order valence-electron chi connectivity index (χ3n) is 6.02. The van der Waals surface area contributed by atoms with Gasteiger partial charge in [-0.05, 0) is 49.8 Å². The number of hydrogen-bond acceptors (Lipinski definition) is 4. The first-order chi connectivity index (χ1) is 14.2. The summed E-state index contributed by atoms with van der Waals surface area (Å²) in [6.07, 6.45) is 8.13. The summed E-state index contributed by atoms with van der Waals surface area (Å²) in [4.78, 5) is 21.3. The molecular formula is C24H31N3O2. The zero-order chi connectivity index (χ0) is 20.1. The number of carbonyl (C=O) groups is 1. The molecule has 2 aliphatic rings. The highest BCUT2D eigenvalue weighted by Crippen LogP contribution is 2.22. The number of aromatic nitrogens is 1. The molecule has 0 spiro atoms. The van der Waals surface area contributed by atoms with Crippen LogP contribution in [0, 0.1) is 6.92 Å². The number of hydrogen-bond donors (Lipinski definition) is 0. The van der Waals surface area contributed by atoms with E-state index in [1.165, 1.54) is 5.56 Å². The molecule has 2 aromatic rings. The number of likely N-dealkylation sites (tertiary alicyclic amines) is 2. The number of ether oxygens (including phenoxy) is 1. The van der Waals surface area contributed by atoms with Crippen LogP contribution in [0.5, 0.6) is 0 Å². The van der Waals surface area contributed by atoms with Gasteiger partial charge in [-0.3, -0.25) is 14.7 Å². The van der Waals surface area contributed by atoms with Gasteiger partial charge in [0.2, 0.25) is 0 Å². The summed E-state index contributed by atoms with van der Waals surface area (Å²) in [5, 5.41) is 0. The predicted molar refractivity (Wildman–Crippen MR) is 114 cm³/mol. The Morgan fingerprint density at radius 2 is 1.66 bits per heavy atom. The van der Waals surface area contributed by atoms with Crippen LogP contribution in [0.25, 0.3) is 0 Å². The molecule has 0 N–H and O–H groups in total. The molecule has 0 radical (unpaired) electrons. The number of benzene rings is 1. The third kappa shape index (κ3) is 5.43. The molecule has 1 amide bonds. The van der Waals surface area contributed by atoms with Gasteiger partial charge in [-0.1, -0.05) is 30.3 Å². The number of nitrogens with zero attached hydrogens (tertiary/aromatic N) is 3. The Labute approximate surface area is 173 Å². The van der Waals surface area contributed by atoms with E-state index in [0.717, 1.165) is 64.0 Å². The van der Waals surface area contributed by atoms with Crippen molar-refractivity contribution in [3.63, 3.8) is 0 Å². The van der Waals surface area contributed by atoms with Crippen LogP contribution in [0.2, 0.25) is 0 Å². The summed E-state index contributed by atoms with van der Waals surface area (Å²) in [6, 6.07) is 12.6. The summed E-state index contributed by atoms with van der Waals surface area (Å²) < 4.78 is 6.41. The van der Waals surface area contributed by atoms with Crippen LogP contribution < -0.4 is 0 Å². The van der Waals surface area contributed by atoms with Gasteiger partial charge in [0.1, 0.15) is 0 Å². The Hall–Kier alpha value is -2.24. The fourth-order valence-electron chi connectivity index (χ4n) is 4.37. The van der Waals surface area contributed by atoms with Crippen LogP contribution in [0.1, 0.15) is 47.2 Å². The lowest BCUT2D eigenvalue weighted by atomic mass is 10.0. The third-order valence-corrected chi connectivity index (χ3v) is 6.02. The average Bonchev–Trinajstić information content (AvgIpc) is 2.76. The summed E-state index contributed by atoms with van der Waals surface area (Å²) in [6.45, 7) is 6.72. The molecule has 5 heteroatoms. The van der Waals surface area contributed by atoms with Crippen molar-refractivity contribution in [2.24, 2.45) is 0 Å². The molecule has 1 aromatic carbocycles. The molecule has 4 rings (SSSR count). The van der Waals surface area contributed by atoms with Crippen LogP contribution in [-0.4, -0.2) is 59.1 Å². The Kier molecular flexibility index (Phi) is 6.57. The van der Waals surface area contributed by atoms with E-state index in [-0.39, 0.29) is 12.0 Å². The van der Waals surface area contributed by atoms with Gasteiger partial charge >= 0.3 is 0 Å². The average molecular weight is 394 g/mol. The zero-order valence-corrected chi connectivity index (χ0v) is 17.3. The lowest BCUT2D eigenvalue weighted by Gasteiger charge is -2.37. The molecule has 0 aliphatic carbocycles. The molecule has 0 bridgehead atoms. The van der Waals surface area contributed by atoms with E-state index < -0.39 is 0 Å². The van der Waals surface area contributed by atoms with E-state index in [1.54, 1.807) is 12.4 Å². The molecule has 29 heavy (non-hydrogen) atoms. The quantitative estimate of drug-likeness (QED) is 0.777. The molecule has 5 nitrogen and oxygen atoms in total. The van der Waals surface area contributed by atoms with Gasteiger partial charge in [-0.2, -0.15) is 0 Å². The fraction of sp³-hybridized carbons (Fsp3) is 0.500. The van der Waals surface area contributed by atoms with Gasteiger partial charge in [0.05, 0.1) is 17.8 Å². The second-order valence-electron chi connectivity index (χ2n) is 8.34. The lowest BCUT2D eigenvalue weighted by molar-refractivity contribution is -0.0629. The van der Waals surface area contributed by atoms with E-state index in [1.807, 2.05) is 17.9 Å². The van der Waals surface area contributed by atoms with E-state index in [2.05, 4.69) is 40.2 Å². The molecule has 2 aliphatic heterocycles. The first-order valence-electron chi connectivity index (χ1n) is 10.8. The highest BCUT2D eigenvalue weighted by atomic mass is 16.5. The van der Waals surface area contributed by atoms with E-state index >= 15 is 0 Å². The van der Waals surface area contributed by atoms with Crippen molar-refractivity contribution in [3.05, 3.63) is 65.5 Å². The number of pyridine rings is 1. The number of amides is 1. The summed E-state index contributed by atoms with van der Waals surface area (Å²) >= 11 is 0. The lowest BCUT2D eigenvalue weighted by Crippen LogP contribution is -2.43. The van der Waals surface area contributed by atoms with Crippen molar-refractivity contribution in [2.45, 2.75) is 51.4 Å². The standard InChI is InChI=1S/C24H31N3O2/c1-19-15-21(17-25-16-19)24(28)27-13-9-23(10-14-27)29-22-7-11-26(12-8-22)18-20-5-3-2-4-6-20/h2-6,15-17,22-23H,7-14,18H2,1H3. The molecule has 3 heterocycles. The minimum atomic E-state index is 0.0915. The summed E-state index contributed by atoms with van der Waals surface area (Å²) in [5.74, 6) is 0.0915. The van der Waals surface area contributed by atoms with Gasteiger partial charge in [0.15, 0.2) is 0 Å². The topological polar surface area (TPSA) is 45.7 Å². The van der Waals surface area contributed by atoms with Crippen LogP contribution in [-0.2, 0) is 11.3 Å². The highest BCUT2D eigenvalue weighted by Gasteiger charge is 2.28. The van der Waals surface area contributed by atoms with Crippen molar-refractivity contribution in [2.75, 3.05) is 26.2 Å². The first-order valence-corrected chi connectivity index (χ1v) is 10.8. The largest absolute Gasteiger partial charge is 0.375 e. The number of aryl methyl sites for hydroxylation is 1. The maximum atomic E-state index is 12.7.